The Hall–Kier alpha value is -2.19. The first-order valence-electron chi connectivity index (χ1n) is 9.76. The standard InChI is InChI=1S/C23H22Cl2N2O3S2/c1-17-7-10-19(11-8-17)31-14-13-26-23(28)16-27(22-12-9-18(24)15-21(22)25)32(29,30)20-5-3-2-4-6-20/h2-12,15H,13-14,16H2,1H3,(H,26,28). The Labute approximate surface area is 202 Å². The van der Waals surface area contributed by atoms with E-state index in [1.807, 2.05) is 31.2 Å². The van der Waals surface area contributed by atoms with Gasteiger partial charge in [0.25, 0.3) is 10.0 Å². The molecule has 0 fully saturated rings. The Morgan fingerprint density at radius 1 is 1.00 bits per heavy atom. The molecule has 0 aliphatic rings. The van der Waals surface area contributed by atoms with Crippen molar-refractivity contribution in [1.82, 2.24) is 5.32 Å². The third-order valence-electron chi connectivity index (χ3n) is 4.51. The number of sulfonamides is 1. The first-order valence-corrected chi connectivity index (χ1v) is 12.9. The van der Waals surface area contributed by atoms with E-state index >= 15 is 0 Å². The van der Waals surface area contributed by atoms with Gasteiger partial charge in [0.05, 0.1) is 15.6 Å². The second kappa shape index (κ2) is 11.1. The predicted octanol–water partition coefficient (Wildman–Crippen LogP) is 5.41. The molecule has 1 amide bonds. The minimum atomic E-state index is -4.02. The molecule has 0 spiro atoms. The molecule has 0 atom stereocenters. The van der Waals surface area contributed by atoms with E-state index in [1.165, 1.54) is 35.9 Å². The van der Waals surface area contributed by atoms with Gasteiger partial charge in [0.2, 0.25) is 5.91 Å². The average Bonchev–Trinajstić information content (AvgIpc) is 2.77. The van der Waals surface area contributed by atoms with E-state index in [0.29, 0.717) is 17.3 Å². The number of aryl methyl sites for hydroxylation is 1. The number of amides is 1. The number of carbonyl (C=O) groups is 1. The molecule has 0 saturated carbocycles. The Balaban J connectivity index is 1.72. The fourth-order valence-electron chi connectivity index (χ4n) is 2.88. The largest absolute Gasteiger partial charge is 0.354 e. The highest BCUT2D eigenvalue weighted by molar-refractivity contribution is 7.99. The molecule has 9 heteroatoms. The lowest BCUT2D eigenvalue weighted by Crippen LogP contribution is -2.41. The number of thioether (sulfide) groups is 1. The Bertz CT molecular complexity index is 1170. The summed E-state index contributed by atoms with van der Waals surface area (Å²) in [6.45, 7) is 2.01. The summed E-state index contributed by atoms with van der Waals surface area (Å²) in [6, 6.07) is 20.5. The molecule has 0 aromatic heterocycles. The van der Waals surface area contributed by atoms with E-state index in [1.54, 1.807) is 30.0 Å². The van der Waals surface area contributed by atoms with E-state index < -0.39 is 22.5 Å². The number of anilines is 1. The van der Waals surface area contributed by atoms with Crippen molar-refractivity contribution in [3.05, 3.63) is 88.4 Å². The zero-order chi connectivity index (χ0) is 23.1. The molecule has 0 bridgehead atoms. The molecular formula is C23H22Cl2N2O3S2. The van der Waals surface area contributed by atoms with Gasteiger partial charge in [-0.05, 0) is 49.4 Å². The van der Waals surface area contributed by atoms with Gasteiger partial charge in [-0.25, -0.2) is 8.42 Å². The van der Waals surface area contributed by atoms with Crippen molar-refractivity contribution < 1.29 is 13.2 Å². The summed E-state index contributed by atoms with van der Waals surface area (Å²) in [5, 5.41) is 3.29. The molecule has 3 aromatic rings. The number of hydrogen-bond acceptors (Lipinski definition) is 4. The van der Waals surface area contributed by atoms with Gasteiger partial charge in [-0.1, -0.05) is 59.1 Å². The summed E-state index contributed by atoms with van der Waals surface area (Å²) in [6.07, 6.45) is 0. The lowest BCUT2D eigenvalue weighted by atomic mass is 10.2. The number of nitrogens with zero attached hydrogens (tertiary/aromatic N) is 1. The molecule has 0 aliphatic carbocycles. The summed E-state index contributed by atoms with van der Waals surface area (Å²) < 4.78 is 27.6. The molecule has 32 heavy (non-hydrogen) atoms. The van der Waals surface area contributed by atoms with E-state index in [4.69, 9.17) is 23.2 Å². The van der Waals surface area contributed by atoms with Crippen LogP contribution < -0.4 is 9.62 Å². The van der Waals surface area contributed by atoms with Gasteiger partial charge < -0.3 is 5.32 Å². The maximum atomic E-state index is 13.3. The van der Waals surface area contributed by atoms with Crippen molar-refractivity contribution in [2.75, 3.05) is 23.1 Å². The molecular weight excluding hydrogens is 487 g/mol. The summed E-state index contributed by atoms with van der Waals surface area (Å²) in [5.74, 6) is 0.224. The van der Waals surface area contributed by atoms with Crippen LogP contribution in [0.3, 0.4) is 0 Å². The second-order valence-electron chi connectivity index (χ2n) is 6.93. The maximum Gasteiger partial charge on any atom is 0.264 e. The lowest BCUT2D eigenvalue weighted by Gasteiger charge is -2.25. The van der Waals surface area contributed by atoms with Crippen LogP contribution in [0.5, 0.6) is 0 Å². The van der Waals surface area contributed by atoms with Crippen molar-refractivity contribution in [1.29, 1.82) is 0 Å². The zero-order valence-corrected chi connectivity index (χ0v) is 20.4. The summed E-state index contributed by atoms with van der Waals surface area (Å²) in [4.78, 5) is 13.8. The molecule has 0 radical (unpaired) electrons. The third kappa shape index (κ3) is 6.42. The van der Waals surface area contributed by atoms with Gasteiger partial charge in [-0.3, -0.25) is 9.10 Å². The van der Waals surface area contributed by atoms with Gasteiger partial charge >= 0.3 is 0 Å². The number of rotatable bonds is 9. The quantitative estimate of drug-likeness (QED) is 0.310. The smallest absolute Gasteiger partial charge is 0.264 e. The molecule has 0 saturated heterocycles. The average molecular weight is 509 g/mol. The highest BCUT2D eigenvalue weighted by Crippen LogP contribution is 2.32. The molecule has 0 aliphatic heterocycles. The van der Waals surface area contributed by atoms with Gasteiger partial charge in [0.15, 0.2) is 0 Å². The number of carbonyl (C=O) groups excluding carboxylic acids is 1. The van der Waals surface area contributed by atoms with Crippen LogP contribution in [0.25, 0.3) is 0 Å². The topological polar surface area (TPSA) is 66.5 Å². The fraction of sp³-hybridized carbons (Fsp3) is 0.174. The fourth-order valence-corrected chi connectivity index (χ4v) is 5.67. The highest BCUT2D eigenvalue weighted by Gasteiger charge is 2.28. The van der Waals surface area contributed by atoms with Crippen LogP contribution in [0.2, 0.25) is 10.0 Å². The Morgan fingerprint density at radius 2 is 1.69 bits per heavy atom. The van der Waals surface area contributed by atoms with Gasteiger partial charge in [0, 0.05) is 22.2 Å². The van der Waals surface area contributed by atoms with Crippen LogP contribution in [-0.4, -0.2) is 33.2 Å². The third-order valence-corrected chi connectivity index (χ3v) is 7.84. The normalized spacial score (nSPS) is 11.2. The van der Waals surface area contributed by atoms with E-state index in [9.17, 15) is 13.2 Å². The zero-order valence-electron chi connectivity index (χ0n) is 17.3. The molecule has 168 valence electrons. The maximum absolute atomic E-state index is 13.3. The number of hydrogen-bond donors (Lipinski definition) is 1. The second-order valence-corrected chi connectivity index (χ2v) is 10.8. The summed E-state index contributed by atoms with van der Waals surface area (Å²) in [5.41, 5.74) is 1.37. The van der Waals surface area contributed by atoms with E-state index in [2.05, 4.69) is 5.32 Å². The van der Waals surface area contributed by atoms with Crippen LogP contribution >= 0.6 is 35.0 Å². The molecule has 0 heterocycles. The minimum Gasteiger partial charge on any atom is -0.354 e. The minimum absolute atomic E-state index is 0.0637. The number of nitrogens with one attached hydrogen (secondary N) is 1. The lowest BCUT2D eigenvalue weighted by molar-refractivity contribution is -0.119. The predicted molar refractivity (Wildman–Crippen MR) is 132 cm³/mol. The van der Waals surface area contributed by atoms with Crippen molar-refractivity contribution in [2.24, 2.45) is 0 Å². The van der Waals surface area contributed by atoms with Crippen molar-refractivity contribution in [2.45, 2.75) is 16.7 Å². The van der Waals surface area contributed by atoms with Crippen LogP contribution in [0.4, 0.5) is 5.69 Å². The summed E-state index contributed by atoms with van der Waals surface area (Å²) >= 11 is 13.9. The van der Waals surface area contributed by atoms with Gasteiger partial charge in [-0.15, -0.1) is 11.8 Å². The van der Waals surface area contributed by atoms with Crippen LogP contribution in [0.15, 0.2) is 82.6 Å². The van der Waals surface area contributed by atoms with Crippen molar-refractivity contribution in [3.8, 4) is 0 Å². The first-order chi connectivity index (χ1) is 15.3. The van der Waals surface area contributed by atoms with Gasteiger partial charge in [-0.2, -0.15) is 0 Å². The Morgan fingerprint density at radius 3 is 2.34 bits per heavy atom. The van der Waals surface area contributed by atoms with E-state index in [0.717, 1.165) is 9.20 Å². The van der Waals surface area contributed by atoms with E-state index in [-0.39, 0.29) is 15.6 Å². The van der Waals surface area contributed by atoms with Crippen molar-refractivity contribution in [3.63, 3.8) is 0 Å². The first kappa shape index (κ1) is 24.5. The molecule has 5 nitrogen and oxygen atoms in total. The monoisotopic (exact) mass is 508 g/mol. The van der Waals surface area contributed by atoms with Gasteiger partial charge in [0.1, 0.15) is 6.54 Å². The molecule has 3 aromatic carbocycles. The SMILES string of the molecule is Cc1ccc(SCCNC(=O)CN(c2ccc(Cl)cc2Cl)S(=O)(=O)c2ccccc2)cc1. The number of halogens is 2. The van der Waals surface area contributed by atoms with Crippen LogP contribution in [0.1, 0.15) is 5.56 Å². The Kier molecular flexibility index (Phi) is 8.48. The molecule has 0 unspecified atom stereocenters. The molecule has 3 rings (SSSR count). The number of benzene rings is 3. The molecule has 1 N–H and O–H groups in total. The van der Waals surface area contributed by atoms with Crippen molar-refractivity contribution >= 4 is 56.6 Å². The van der Waals surface area contributed by atoms with Crippen LogP contribution in [-0.2, 0) is 14.8 Å². The highest BCUT2D eigenvalue weighted by atomic mass is 35.5. The van der Waals surface area contributed by atoms with Crippen LogP contribution in [0, 0.1) is 6.92 Å². The summed E-state index contributed by atoms with van der Waals surface area (Å²) in [7, 11) is -4.02.